The van der Waals surface area contributed by atoms with Crippen molar-refractivity contribution in [2.45, 2.75) is 32.2 Å². The summed E-state index contributed by atoms with van der Waals surface area (Å²) in [6.07, 6.45) is 1.49. The summed E-state index contributed by atoms with van der Waals surface area (Å²) in [5, 5.41) is 3.24. The molecule has 0 bridgehead atoms. The van der Waals surface area contributed by atoms with Gasteiger partial charge in [0.15, 0.2) is 5.78 Å². The molecule has 1 unspecified atom stereocenters. The Labute approximate surface area is 131 Å². The van der Waals surface area contributed by atoms with Crippen LogP contribution in [0.15, 0.2) is 24.3 Å². The molecule has 1 aliphatic rings. The summed E-state index contributed by atoms with van der Waals surface area (Å²) in [5.41, 5.74) is 0.626. The Kier molecular flexibility index (Phi) is 5.95. The van der Waals surface area contributed by atoms with Crippen LogP contribution in [-0.2, 0) is 4.79 Å². The Bertz CT molecular complexity index is 507. The zero-order valence-corrected chi connectivity index (χ0v) is 13.3. The average Bonchev–Trinajstić information content (AvgIpc) is 3.07. The van der Waals surface area contributed by atoms with E-state index in [-0.39, 0.29) is 30.6 Å². The first-order valence-corrected chi connectivity index (χ1v) is 7.84. The summed E-state index contributed by atoms with van der Waals surface area (Å²) in [6.45, 7) is 4.31. The fraction of sp³-hybridized carbons (Fsp3) is 0.529. The van der Waals surface area contributed by atoms with E-state index in [1.54, 1.807) is 29.2 Å². The van der Waals surface area contributed by atoms with Crippen molar-refractivity contribution in [3.63, 3.8) is 0 Å². The maximum Gasteiger partial charge on any atom is 0.223 e. The third kappa shape index (κ3) is 4.31. The lowest BCUT2D eigenvalue weighted by molar-refractivity contribution is -0.131. The van der Waals surface area contributed by atoms with Crippen molar-refractivity contribution in [3.8, 4) is 5.75 Å². The van der Waals surface area contributed by atoms with Crippen molar-refractivity contribution in [3.05, 3.63) is 29.8 Å². The van der Waals surface area contributed by atoms with Crippen molar-refractivity contribution in [1.82, 2.24) is 10.2 Å². The molecular weight excluding hydrogens is 280 g/mol. The first-order valence-electron chi connectivity index (χ1n) is 7.84. The number of carbonyl (C=O) groups excluding carboxylic acids is 2. The van der Waals surface area contributed by atoms with Crippen molar-refractivity contribution in [1.29, 1.82) is 0 Å². The molecule has 0 aliphatic carbocycles. The van der Waals surface area contributed by atoms with Gasteiger partial charge in [0.05, 0.1) is 6.61 Å². The van der Waals surface area contributed by atoms with Crippen molar-refractivity contribution < 1.29 is 14.3 Å². The number of nitrogens with zero attached hydrogens (tertiary/aromatic N) is 1. The van der Waals surface area contributed by atoms with Crippen LogP contribution in [0.2, 0.25) is 0 Å². The molecule has 1 fully saturated rings. The molecule has 1 aromatic rings. The SMILES string of the molecule is CCOc1ccc(C(=O)CCC(=O)N(C)C2CCNC2)cc1. The zero-order valence-electron chi connectivity index (χ0n) is 13.3. The number of hydrogen-bond acceptors (Lipinski definition) is 4. The van der Waals surface area contributed by atoms with Crippen LogP contribution in [0.1, 0.15) is 36.5 Å². The Morgan fingerprint density at radius 3 is 2.59 bits per heavy atom. The van der Waals surface area contributed by atoms with Crippen LogP contribution in [0.3, 0.4) is 0 Å². The topological polar surface area (TPSA) is 58.6 Å². The quantitative estimate of drug-likeness (QED) is 0.781. The summed E-state index contributed by atoms with van der Waals surface area (Å²) in [5.74, 6) is 0.783. The van der Waals surface area contributed by atoms with Crippen molar-refractivity contribution >= 4 is 11.7 Å². The number of ketones is 1. The highest BCUT2D eigenvalue weighted by molar-refractivity contribution is 5.98. The monoisotopic (exact) mass is 304 g/mol. The third-order valence-electron chi connectivity index (χ3n) is 4.03. The third-order valence-corrected chi connectivity index (χ3v) is 4.03. The van der Waals surface area contributed by atoms with E-state index in [0.29, 0.717) is 12.2 Å². The van der Waals surface area contributed by atoms with Gasteiger partial charge in [-0.05, 0) is 44.2 Å². The molecular formula is C17H24N2O3. The molecule has 1 aromatic carbocycles. The second-order valence-corrected chi connectivity index (χ2v) is 5.53. The minimum absolute atomic E-state index is 0.00524. The fourth-order valence-corrected chi connectivity index (χ4v) is 2.62. The molecule has 0 spiro atoms. The van der Waals surface area contributed by atoms with Gasteiger partial charge in [-0.2, -0.15) is 0 Å². The van der Waals surface area contributed by atoms with Crippen LogP contribution >= 0.6 is 0 Å². The molecule has 0 aromatic heterocycles. The normalized spacial score (nSPS) is 17.3. The van der Waals surface area contributed by atoms with Crippen LogP contribution in [-0.4, -0.2) is 49.4 Å². The molecule has 1 heterocycles. The molecule has 0 saturated carbocycles. The molecule has 120 valence electrons. The molecule has 1 atom stereocenters. The highest BCUT2D eigenvalue weighted by Crippen LogP contribution is 2.15. The predicted octanol–water partition coefficient (Wildman–Crippen LogP) is 1.87. The molecule has 2 rings (SSSR count). The van der Waals surface area contributed by atoms with E-state index in [0.717, 1.165) is 25.3 Å². The summed E-state index contributed by atoms with van der Waals surface area (Å²) in [6, 6.07) is 7.34. The highest BCUT2D eigenvalue weighted by Gasteiger charge is 2.23. The number of amides is 1. The van der Waals surface area contributed by atoms with Gasteiger partial charge in [0, 0.05) is 38.0 Å². The Morgan fingerprint density at radius 1 is 1.27 bits per heavy atom. The smallest absolute Gasteiger partial charge is 0.223 e. The standard InChI is InChI=1S/C17H24N2O3/c1-3-22-15-6-4-13(5-7-15)16(20)8-9-17(21)19(2)14-10-11-18-12-14/h4-7,14,18H,3,8-12H2,1-2H3. The van der Waals surface area contributed by atoms with Gasteiger partial charge in [-0.25, -0.2) is 0 Å². The predicted molar refractivity (Wildman–Crippen MR) is 85.2 cm³/mol. The van der Waals surface area contributed by atoms with Crippen LogP contribution in [0.5, 0.6) is 5.75 Å². The molecule has 1 saturated heterocycles. The highest BCUT2D eigenvalue weighted by atomic mass is 16.5. The van der Waals surface area contributed by atoms with E-state index >= 15 is 0 Å². The number of Topliss-reactive ketones (excluding diaryl/α,β-unsaturated/α-hetero) is 1. The van der Waals surface area contributed by atoms with Crippen LogP contribution < -0.4 is 10.1 Å². The lowest BCUT2D eigenvalue weighted by Crippen LogP contribution is -2.38. The van der Waals surface area contributed by atoms with Gasteiger partial charge in [0.1, 0.15) is 5.75 Å². The molecule has 22 heavy (non-hydrogen) atoms. The van der Waals surface area contributed by atoms with E-state index in [1.165, 1.54) is 0 Å². The molecule has 5 heteroatoms. The Hall–Kier alpha value is -1.88. The van der Waals surface area contributed by atoms with Crippen molar-refractivity contribution in [2.75, 3.05) is 26.7 Å². The van der Waals surface area contributed by atoms with Gasteiger partial charge in [0.25, 0.3) is 0 Å². The second kappa shape index (κ2) is 7.94. The molecule has 1 aliphatic heterocycles. The van der Waals surface area contributed by atoms with Gasteiger partial charge in [-0.15, -0.1) is 0 Å². The molecule has 1 N–H and O–H groups in total. The molecule has 5 nitrogen and oxygen atoms in total. The molecule has 0 radical (unpaired) electrons. The van der Waals surface area contributed by atoms with E-state index < -0.39 is 0 Å². The van der Waals surface area contributed by atoms with Gasteiger partial charge in [-0.3, -0.25) is 9.59 Å². The summed E-state index contributed by atoms with van der Waals surface area (Å²) < 4.78 is 5.35. The Morgan fingerprint density at radius 2 is 2.00 bits per heavy atom. The lowest BCUT2D eigenvalue weighted by atomic mass is 10.1. The van der Waals surface area contributed by atoms with Gasteiger partial charge in [-0.1, -0.05) is 0 Å². The minimum atomic E-state index is -0.00524. The summed E-state index contributed by atoms with van der Waals surface area (Å²) in [4.78, 5) is 26.0. The minimum Gasteiger partial charge on any atom is -0.494 e. The van der Waals surface area contributed by atoms with E-state index in [1.807, 2.05) is 14.0 Å². The van der Waals surface area contributed by atoms with Gasteiger partial charge >= 0.3 is 0 Å². The largest absolute Gasteiger partial charge is 0.494 e. The van der Waals surface area contributed by atoms with Crippen LogP contribution in [0.25, 0.3) is 0 Å². The van der Waals surface area contributed by atoms with E-state index in [9.17, 15) is 9.59 Å². The summed E-state index contributed by atoms with van der Waals surface area (Å²) in [7, 11) is 1.82. The Balaban J connectivity index is 1.82. The average molecular weight is 304 g/mol. The van der Waals surface area contributed by atoms with Crippen LogP contribution in [0.4, 0.5) is 0 Å². The van der Waals surface area contributed by atoms with E-state index in [4.69, 9.17) is 4.74 Å². The lowest BCUT2D eigenvalue weighted by Gasteiger charge is -2.23. The summed E-state index contributed by atoms with van der Waals surface area (Å²) >= 11 is 0. The first-order chi connectivity index (χ1) is 10.6. The number of rotatable bonds is 7. The van der Waals surface area contributed by atoms with Gasteiger partial charge in [0.2, 0.25) is 5.91 Å². The van der Waals surface area contributed by atoms with Crippen LogP contribution in [0, 0.1) is 0 Å². The number of likely N-dealkylation sites (N-methyl/N-ethyl adjacent to an activating group) is 1. The first kappa shape index (κ1) is 16.5. The number of ether oxygens (including phenoxy) is 1. The van der Waals surface area contributed by atoms with Crippen molar-refractivity contribution in [2.24, 2.45) is 0 Å². The number of benzene rings is 1. The number of carbonyl (C=O) groups is 2. The van der Waals surface area contributed by atoms with Gasteiger partial charge < -0.3 is 15.0 Å². The fourth-order valence-electron chi connectivity index (χ4n) is 2.62. The molecule has 1 amide bonds. The maximum absolute atomic E-state index is 12.1. The second-order valence-electron chi connectivity index (χ2n) is 5.53. The van der Waals surface area contributed by atoms with E-state index in [2.05, 4.69) is 5.32 Å². The number of hydrogen-bond donors (Lipinski definition) is 1. The zero-order chi connectivity index (χ0) is 15.9. The number of nitrogens with one attached hydrogen (secondary N) is 1. The maximum atomic E-state index is 12.1.